The maximum atomic E-state index is 12.9. The number of nitrogens with zero attached hydrogens (tertiary/aromatic N) is 3. The number of rotatable bonds is 5. The van der Waals surface area contributed by atoms with E-state index in [1.807, 2.05) is 20.8 Å². The average molecular weight is 510 g/mol. The third kappa shape index (κ3) is 5.99. The summed E-state index contributed by atoms with van der Waals surface area (Å²) >= 11 is 0.310. The van der Waals surface area contributed by atoms with Gasteiger partial charge in [0.15, 0.2) is 5.01 Å². The molecule has 0 aliphatic heterocycles. The van der Waals surface area contributed by atoms with Crippen molar-refractivity contribution in [3.05, 3.63) is 40.3 Å². The Morgan fingerprint density at radius 1 is 1.14 bits per heavy atom. The number of amides is 3. The second-order valence-electron chi connectivity index (χ2n) is 9.12. The zero-order valence-corrected chi connectivity index (χ0v) is 20.7. The number of alkyl halides is 3. The molecule has 0 spiro atoms. The first-order valence-corrected chi connectivity index (χ1v) is 11.6. The number of hydrogen-bond acceptors (Lipinski definition) is 5. The van der Waals surface area contributed by atoms with Crippen molar-refractivity contribution in [1.82, 2.24) is 14.9 Å². The van der Waals surface area contributed by atoms with Gasteiger partial charge in [-0.05, 0) is 30.5 Å². The largest absolute Gasteiger partial charge is 0.443 e. The van der Waals surface area contributed by atoms with Crippen LogP contribution in [0.3, 0.4) is 0 Å². The van der Waals surface area contributed by atoms with Crippen LogP contribution in [0.1, 0.15) is 49.6 Å². The quantitative estimate of drug-likeness (QED) is 0.485. The second kappa shape index (κ2) is 9.68. The summed E-state index contributed by atoms with van der Waals surface area (Å²) in [6, 6.07) is 6.03. The van der Waals surface area contributed by atoms with Crippen molar-refractivity contribution in [1.29, 1.82) is 0 Å². The molecule has 35 heavy (non-hydrogen) atoms. The molecule has 0 aliphatic rings. The lowest BCUT2D eigenvalue weighted by atomic mass is 9.91. The van der Waals surface area contributed by atoms with Crippen LogP contribution in [0.15, 0.2) is 29.6 Å². The van der Waals surface area contributed by atoms with E-state index in [0.717, 1.165) is 5.38 Å². The molecule has 2 N–H and O–H groups in total. The van der Waals surface area contributed by atoms with E-state index in [-0.39, 0.29) is 17.1 Å². The molecule has 0 aliphatic carbocycles. The number of fused-ring (bicyclic) bond motifs is 1. The van der Waals surface area contributed by atoms with Crippen LogP contribution in [-0.2, 0) is 11.0 Å². The van der Waals surface area contributed by atoms with E-state index in [4.69, 9.17) is 0 Å². The van der Waals surface area contributed by atoms with Gasteiger partial charge in [-0.3, -0.25) is 9.59 Å². The molecule has 3 aromatic rings. The lowest BCUT2D eigenvalue weighted by Crippen LogP contribution is -2.31. The Kier molecular flexibility index (Phi) is 7.25. The summed E-state index contributed by atoms with van der Waals surface area (Å²) in [5.41, 5.74) is 0.328. The van der Waals surface area contributed by atoms with Gasteiger partial charge >= 0.3 is 12.2 Å². The van der Waals surface area contributed by atoms with Gasteiger partial charge in [0.25, 0.3) is 5.91 Å². The van der Waals surface area contributed by atoms with Crippen molar-refractivity contribution in [3.8, 4) is 0 Å². The first-order valence-electron chi connectivity index (χ1n) is 10.8. The monoisotopic (exact) mass is 509 g/mol. The highest BCUT2D eigenvalue weighted by atomic mass is 32.1. The number of hydrogen-bond donors (Lipinski definition) is 2. The molecule has 188 valence electrons. The molecule has 0 bridgehead atoms. The summed E-state index contributed by atoms with van der Waals surface area (Å²) in [6.45, 7) is 7.89. The number of nitrogens with one attached hydrogen (secondary N) is 2. The normalized spacial score (nSPS) is 12.0. The van der Waals surface area contributed by atoms with Crippen molar-refractivity contribution in [3.63, 3.8) is 0 Å². The van der Waals surface area contributed by atoms with Gasteiger partial charge in [-0.25, -0.2) is 14.3 Å². The number of anilines is 2. The van der Waals surface area contributed by atoms with Crippen LogP contribution in [0.25, 0.3) is 10.9 Å². The van der Waals surface area contributed by atoms with Crippen LogP contribution in [-0.4, -0.2) is 41.0 Å². The smallest absolute Gasteiger partial charge is 0.338 e. The van der Waals surface area contributed by atoms with Crippen LogP contribution in [0, 0.1) is 5.41 Å². The number of halogens is 3. The highest BCUT2D eigenvalue weighted by Crippen LogP contribution is 2.32. The number of benzene rings is 1. The van der Waals surface area contributed by atoms with Crippen molar-refractivity contribution in [2.24, 2.45) is 5.41 Å². The third-order valence-corrected chi connectivity index (χ3v) is 5.87. The summed E-state index contributed by atoms with van der Waals surface area (Å²) in [5, 5.41) is 5.58. The number of thiazole rings is 1. The SMILES string of the molecule is CCNC(=O)n1c(NC(=O)c2csc(C(F)(F)F)n2)cc2ccc(N(C)C(=O)CC(C)(C)C)cc21. The maximum Gasteiger partial charge on any atom is 0.443 e. The Labute approximate surface area is 204 Å². The van der Waals surface area contributed by atoms with Gasteiger partial charge in [0.05, 0.1) is 5.52 Å². The molecule has 0 saturated heterocycles. The predicted octanol–water partition coefficient (Wildman–Crippen LogP) is 5.35. The lowest BCUT2D eigenvalue weighted by molar-refractivity contribution is -0.137. The second-order valence-corrected chi connectivity index (χ2v) is 9.98. The van der Waals surface area contributed by atoms with Crippen LogP contribution in [0.4, 0.5) is 29.5 Å². The summed E-state index contributed by atoms with van der Waals surface area (Å²) in [4.78, 5) is 43.0. The first-order chi connectivity index (χ1) is 16.2. The van der Waals surface area contributed by atoms with Crippen LogP contribution in [0.5, 0.6) is 0 Å². The zero-order valence-electron chi connectivity index (χ0n) is 19.9. The fourth-order valence-electron chi connectivity index (χ4n) is 3.34. The molecule has 0 saturated carbocycles. The minimum atomic E-state index is -4.66. The van der Waals surface area contributed by atoms with Crippen molar-refractivity contribution < 1.29 is 27.6 Å². The van der Waals surface area contributed by atoms with E-state index in [2.05, 4.69) is 15.6 Å². The van der Waals surface area contributed by atoms with E-state index >= 15 is 0 Å². The standard InChI is InChI=1S/C23H26F3N5O3S/c1-6-27-21(34)31-16-10-14(30(5)18(32)11-22(2,3)4)8-7-13(16)9-17(31)29-19(33)15-12-35-20(28-15)23(24,25)26/h7-10,12H,6,11H2,1-5H3,(H,27,34)(H,29,33). The highest BCUT2D eigenvalue weighted by Gasteiger charge is 2.35. The molecular formula is C23H26F3N5O3S. The fraction of sp³-hybridized carbons (Fsp3) is 0.391. The molecule has 0 atom stereocenters. The van der Waals surface area contributed by atoms with Crippen LogP contribution < -0.4 is 15.5 Å². The summed E-state index contributed by atoms with van der Waals surface area (Å²) < 4.78 is 39.8. The Balaban J connectivity index is 1.99. The molecule has 0 fully saturated rings. The van der Waals surface area contributed by atoms with E-state index in [1.165, 1.54) is 15.5 Å². The maximum absolute atomic E-state index is 12.9. The Morgan fingerprint density at radius 3 is 2.40 bits per heavy atom. The Bertz CT molecular complexity index is 1270. The van der Waals surface area contributed by atoms with Crippen molar-refractivity contribution in [2.75, 3.05) is 23.8 Å². The van der Waals surface area contributed by atoms with E-state index < -0.39 is 28.8 Å². The van der Waals surface area contributed by atoms with Crippen LogP contribution in [0.2, 0.25) is 0 Å². The van der Waals surface area contributed by atoms with Gasteiger partial charge < -0.3 is 15.5 Å². The minimum absolute atomic E-state index is 0.0540. The van der Waals surface area contributed by atoms with Crippen molar-refractivity contribution in [2.45, 2.75) is 40.3 Å². The fourth-order valence-corrected chi connectivity index (χ4v) is 4.01. The van der Waals surface area contributed by atoms with E-state index in [0.29, 0.717) is 40.9 Å². The van der Waals surface area contributed by atoms with Gasteiger partial charge in [0, 0.05) is 36.5 Å². The minimum Gasteiger partial charge on any atom is -0.338 e. The molecule has 2 aromatic heterocycles. The summed E-state index contributed by atoms with van der Waals surface area (Å²) in [6.07, 6.45) is -4.35. The Morgan fingerprint density at radius 2 is 1.83 bits per heavy atom. The molecule has 8 nitrogen and oxygen atoms in total. The first kappa shape index (κ1) is 26.2. The molecule has 2 heterocycles. The van der Waals surface area contributed by atoms with Crippen LogP contribution >= 0.6 is 11.3 Å². The third-order valence-electron chi connectivity index (χ3n) is 4.98. The topological polar surface area (TPSA) is 96.3 Å². The average Bonchev–Trinajstić information content (AvgIpc) is 3.36. The lowest BCUT2D eigenvalue weighted by Gasteiger charge is -2.23. The van der Waals surface area contributed by atoms with Gasteiger partial charge in [-0.1, -0.05) is 26.8 Å². The highest BCUT2D eigenvalue weighted by molar-refractivity contribution is 7.10. The molecule has 0 unspecified atom stereocenters. The molecular weight excluding hydrogens is 483 g/mol. The number of carbonyl (C=O) groups excluding carboxylic acids is 3. The predicted molar refractivity (Wildman–Crippen MR) is 129 cm³/mol. The molecule has 3 rings (SSSR count). The summed E-state index contributed by atoms with van der Waals surface area (Å²) in [7, 11) is 1.64. The van der Waals surface area contributed by atoms with E-state index in [1.54, 1.807) is 32.2 Å². The number of aromatic nitrogens is 2. The van der Waals surface area contributed by atoms with Gasteiger partial charge in [0.2, 0.25) is 5.91 Å². The molecule has 1 aromatic carbocycles. The van der Waals surface area contributed by atoms with Gasteiger partial charge in [-0.2, -0.15) is 13.2 Å². The summed E-state index contributed by atoms with van der Waals surface area (Å²) in [5.74, 6) is -0.938. The molecule has 0 radical (unpaired) electrons. The van der Waals surface area contributed by atoms with Crippen molar-refractivity contribution >= 4 is 51.6 Å². The molecule has 3 amide bonds. The zero-order chi connectivity index (χ0) is 26.1. The van der Waals surface area contributed by atoms with Gasteiger partial charge in [0.1, 0.15) is 11.5 Å². The number of carbonyl (C=O) groups is 3. The van der Waals surface area contributed by atoms with E-state index in [9.17, 15) is 27.6 Å². The van der Waals surface area contributed by atoms with Gasteiger partial charge in [-0.15, -0.1) is 11.3 Å². The molecule has 12 heteroatoms. The Hall–Kier alpha value is -3.41.